The predicted molar refractivity (Wildman–Crippen MR) is 290 cm³/mol. The molecule has 8 aromatic heterocycles. The molecule has 5 aromatic carbocycles. The molecule has 14 rings (SSSR count). The third-order valence-corrected chi connectivity index (χ3v) is 14.3. The zero-order valence-corrected chi connectivity index (χ0v) is 40.5. The van der Waals surface area contributed by atoms with E-state index in [-0.39, 0.29) is 0 Å². The number of rotatable bonds is 7. The Morgan fingerprint density at radius 3 is 1.05 bits per heavy atom. The number of para-hydroxylation sites is 4. The minimum atomic E-state index is 0.674. The Labute approximate surface area is 418 Å². The Morgan fingerprint density at radius 2 is 0.644 bits per heavy atom. The molecule has 0 saturated carbocycles. The lowest BCUT2D eigenvalue weighted by Crippen LogP contribution is -2.23. The van der Waals surface area contributed by atoms with Crippen molar-refractivity contribution >= 4 is 73.1 Å². The first-order chi connectivity index (χ1) is 35.8. The summed E-state index contributed by atoms with van der Waals surface area (Å²) >= 11 is 0. The highest BCUT2D eigenvalue weighted by molar-refractivity contribution is 6.14. The lowest BCUT2D eigenvalue weighted by Gasteiger charge is -2.38. The van der Waals surface area contributed by atoms with Gasteiger partial charge in [0.05, 0.1) is 22.7 Å². The predicted octanol–water partition coefficient (Wildman–Crippen LogP) is 12.4. The van der Waals surface area contributed by atoms with Gasteiger partial charge in [0, 0.05) is 99.1 Å². The van der Waals surface area contributed by atoms with Crippen LogP contribution in [-0.2, 0) is 28.2 Å². The maximum atomic E-state index is 5.57. The molecule has 0 atom stereocenters. The smallest absolute Gasteiger partial charge is 0.159 e. The molecule has 0 saturated heterocycles. The van der Waals surface area contributed by atoms with E-state index in [0.29, 0.717) is 23.3 Å². The van der Waals surface area contributed by atoms with Crippen molar-refractivity contribution in [3.8, 4) is 67.8 Å². The van der Waals surface area contributed by atoms with Gasteiger partial charge in [-0.15, -0.1) is 0 Å². The van der Waals surface area contributed by atoms with Crippen LogP contribution in [0.15, 0.2) is 176 Å². The fourth-order valence-electron chi connectivity index (χ4n) is 11.0. The summed E-state index contributed by atoms with van der Waals surface area (Å²) < 4.78 is 8.38. The molecule has 0 amide bonds. The van der Waals surface area contributed by atoms with Gasteiger partial charge < -0.3 is 28.1 Å². The van der Waals surface area contributed by atoms with E-state index in [1.54, 1.807) is 0 Å². The number of fused-ring (bicyclic) bond motifs is 6. The molecule has 0 fully saturated rings. The molecule has 9 heterocycles. The summed E-state index contributed by atoms with van der Waals surface area (Å²) in [7, 11) is 10.3. The molecule has 1 aliphatic heterocycles. The monoisotopic (exact) mass is 948 g/mol. The van der Waals surface area contributed by atoms with Crippen molar-refractivity contribution in [2.45, 2.75) is 0 Å². The molecule has 14 heteroatoms. The number of aryl methyl sites for hydroxylation is 4. The average molecular weight is 949 g/mol. The molecular formula is C59H44N14. The van der Waals surface area contributed by atoms with Gasteiger partial charge in [-0.1, -0.05) is 66.7 Å². The summed E-state index contributed by atoms with van der Waals surface area (Å²) in [5, 5.41) is 0. The molecule has 0 N–H and O–H groups in total. The van der Waals surface area contributed by atoms with Crippen LogP contribution >= 0.6 is 0 Å². The van der Waals surface area contributed by atoms with E-state index < -0.39 is 0 Å². The number of benzene rings is 5. The van der Waals surface area contributed by atoms with E-state index >= 15 is 0 Å². The summed E-state index contributed by atoms with van der Waals surface area (Å²) in [5.74, 6) is 2.74. The summed E-state index contributed by atoms with van der Waals surface area (Å²) in [4.78, 5) is 46.5. The number of nitrogens with zero attached hydrogens (tertiary/aromatic N) is 14. The van der Waals surface area contributed by atoms with Gasteiger partial charge >= 0.3 is 0 Å². The van der Waals surface area contributed by atoms with E-state index in [1.165, 1.54) is 0 Å². The SMILES string of the molecule is CN1c2ccccc2N(c2cccc(-c3c(-c4nc5cccnc5n4C)c(-c4ccccc4)c(-c4nc5cccnc5n4C)c(-c4nc5cccnc5n4C)c3-c3nc4cccnc4n3C)c2)c2ccccc21. The van der Waals surface area contributed by atoms with Crippen molar-refractivity contribution in [3.63, 3.8) is 0 Å². The van der Waals surface area contributed by atoms with Gasteiger partial charge in [0.15, 0.2) is 22.6 Å². The van der Waals surface area contributed by atoms with Crippen LogP contribution in [0.4, 0.5) is 28.4 Å². The average Bonchev–Trinajstić information content (AvgIpc) is 4.17. The number of imidazole rings is 4. The van der Waals surface area contributed by atoms with E-state index in [0.717, 1.165) is 118 Å². The maximum absolute atomic E-state index is 5.57. The molecule has 73 heavy (non-hydrogen) atoms. The number of hydrogen-bond donors (Lipinski definition) is 0. The second-order valence-electron chi connectivity index (χ2n) is 18.4. The lowest BCUT2D eigenvalue weighted by molar-refractivity contribution is 0.924. The van der Waals surface area contributed by atoms with E-state index in [4.69, 9.17) is 39.9 Å². The first kappa shape index (κ1) is 42.1. The van der Waals surface area contributed by atoms with Crippen LogP contribution in [-0.4, -0.2) is 65.2 Å². The van der Waals surface area contributed by atoms with Crippen LogP contribution in [0.3, 0.4) is 0 Å². The first-order valence-corrected chi connectivity index (χ1v) is 24.1. The zero-order chi connectivity index (χ0) is 49.1. The van der Waals surface area contributed by atoms with Crippen LogP contribution in [0.2, 0.25) is 0 Å². The Kier molecular flexibility index (Phi) is 9.29. The van der Waals surface area contributed by atoms with Crippen molar-refractivity contribution in [3.05, 3.63) is 176 Å². The van der Waals surface area contributed by atoms with Crippen molar-refractivity contribution in [1.29, 1.82) is 0 Å². The summed E-state index contributed by atoms with van der Waals surface area (Å²) in [5.41, 5.74) is 18.2. The normalized spacial score (nSPS) is 12.4. The van der Waals surface area contributed by atoms with Crippen molar-refractivity contribution in [2.75, 3.05) is 16.8 Å². The molecule has 0 spiro atoms. The Balaban J connectivity index is 1.24. The first-order valence-electron chi connectivity index (χ1n) is 24.1. The minimum absolute atomic E-state index is 0.674. The van der Waals surface area contributed by atoms with Crippen LogP contribution in [0.25, 0.3) is 112 Å². The van der Waals surface area contributed by atoms with Crippen LogP contribution < -0.4 is 9.80 Å². The largest absolute Gasteiger partial charge is 0.341 e. The Morgan fingerprint density at radius 1 is 0.301 bits per heavy atom. The second-order valence-corrected chi connectivity index (χ2v) is 18.4. The number of aromatic nitrogens is 12. The number of hydrogen-bond acceptors (Lipinski definition) is 10. The van der Waals surface area contributed by atoms with Crippen LogP contribution in [0.1, 0.15) is 0 Å². The van der Waals surface area contributed by atoms with Gasteiger partial charge in [0.25, 0.3) is 0 Å². The number of anilines is 5. The number of pyridine rings is 4. The molecule has 0 unspecified atom stereocenters. The lowest BCUT2D eigenvalue weighted by atomic mass is 9.79. The summed E-state index contributed by atoms with van der Waals surface area (Å²) in [6.07, 6.45) is 7.26. The van der Waals surface area contributed by atoms with Gasteiger partial charge in [-0.3, -0.25) is 0 Å². The second kappa shape index (κ2) is 16.1. The zero-order valence-electron chi connectivity index (χ0n) is 40.5. The fraction of sp³-hybridized carbons (Fsp3) is 0.0847. The topological polar surface area (TPSA) is 129 Å². The standard InChI is InChI=1S/C59H44N14/c1-68-42-26-9-11-28-44(42)73(45-29-12-10-27-43(45)68)37-21-13-20-36(34-37)47-48(56-64-38-22-14-30-60-52(38)69(56)2)46(35-18-7-6-8-19-35)49(57-65-39-23-15-31-61-53(39)70(57)3)51(59-67-41-25-17-33-63-55(41)72(59)5)50(47)58-66-40-24-16-32-62-54(40)71(58)4/h6-34H,1-5H3. The Bertz CT molecular complexity index is 4320. The highest BCUT2D eigenvalue weighted by atomic mass is 15.3. The minimum Gasteiger partial charge on any atom is -0.341 e. The molecule has 350 valence electrons. The van der Waals surface area contributed by atoms with Gasteiger partial charge in [-0.05, 0) is 96.1 Å². The van der Waals surface area contributed by atoms with Crippen molar-refractivity contribution in [1.82, 2.24) is 58.1 Å². The van der Waals surface area contributed by atoms with E-state index in [9.17, 15) is 0 Å². The summed E-state index contributed by atoms with van der Waals surface area (Å²) in [6.45, 7) is 0. The maximum Gasteiger partial charge on any atom is 0.159 e. The summed E-state index contributed by atoms with van der Waals surface area (Å²) in [6, 6.07) is 52.3. The molecule has 0 radical (unpaired) electrons. The third kappa shape index (κ3) is 6.23. The van der Waals surface area contributed by atoms with E-state index in [2.05, 4.69) is 138 Å². The molecular weight excluding hydrogens is 905 g/mol. The van der Waals surface area contributed by atoms with Crippen LogP contribution in [0.5, 0.6) is 0 Å². The quantitative estimate of drug-likeness (QED) is 0.152. The van der Waals surface area contributed by atoms with Crippen molar-refractivity contribution < 1.29 is 0 Å². The van der Waals surface area contributed by atoms with Gasteiger partial charge in [0.2, 0.25) is 0 Å². The van der Waals surface area contributed by atoms with Crippen LogP contribution in [0, 0.1) is 0 Å². The molecule has 13 aromatic rings. The highest BCUT2D eigenvalue weighted by Crippen LogP contribution is 2.57. The van der Waals surface area contributed by atoms with Crippen molar-refractivity contribution in [2.24, 2.45) is 28.2 Å². The Hall–Kier alpha value is -9.82. The molecule has 0 aliphatic carbocycles. The van der Waals surface area contributed by atoms with E-state index in [1.807, 2.05) is 102 Å². The fourth-order valence-corrected chi connectivity index (χ4v) is 11.0. The highest BCUT2D eigenvalue weighted by Gasteiger charge is 2.37. The molecule has 1 aliphatic rings. The van der Waals surface area contributed by atoms with Gasteiger partial charge in [-0.2, -0.15) is 0 Å². The van der Waals surface area contributed by atoms with Gasteiger partial charge in [0.1, 0.15) is 45.4 Å². The molecule has 0 bridgehead atoms. The third-order valence-electron chi connectivity index (χ3n) is 14.3. The van der Waals surface area contributed by atoms with Gasteiger partial charge in [-0.25, -0.2) is 39.9 Å². The molecule has 14 nitrogen and oxygen atoms in total.